The van der Waals surface area contributed by atoms with Crippen LogP contribution in [0.25, 0.3) is 0 Å². The van der Waals surface area contributed by atoms with Gasteiger partial charge in [0.25, 0.3) is 0 Å². The second kappa shape index (κ2) is 4.07. The lowest BCUT2D eigenvalue weighted by molar-refractivity contribution is 0.230. The first-order valence-electron chi connectivity index (χ1n) is 3.88. The van der Waals surface area contributed by atoms with Crippen LogP contribution < -0.4 is 4.74 Å². The maximum absolute atomic E-state index is 5.48. The number of hydrogen-bond donors (Lipinski definition) is 0. The number of aryl methyl sites for hydroxylation is 1. The first-order valence-corrected chi connectivity index (χ1v) is 4.96. The SMILES string of the molecule is Cc1cnc(OC(C)C)c(I)c1. The molecule has 0 fully saturated rings. The Morgan fingerprint density at radius 3 is 2.67 bits per heavy atom. The smallest absolute Gasteiger partial charge is 0.227 e. The highest BCUT2D eigenvalue weighted by Gasteiger charge is 2.03. The third-order valence-electron chi connectivity index (χ3n) is 1.29. The van der Waals surface area contributed by atoms with Crippen molar-refractivity contribution in [2.24, 2.45) is 0 Å². The van der Waals surface area contributed by atoms with E-state index in [9.17, 15) is 0 Å². The van der Waals surface area contributed by atoms with E-state index in [-0.39, 0.29) is 6.10 Å². The standard InChI is InChI=1S/C9H12INO/c1-6(2)12-9-8(10)4-7(3)5-11-9/h4-6H,1-3H3. The number of halogens is 1. The Morgan fingerprint density at radius 2 is 2.17 bits per heavy atom. The minimum atomic E-state index is 0.189. The van der Waals surface area contributed by atoms with Gasteiger partial charge >= 0.3 is 0 Å². The number of aromatic nitrogens is 1. The zero-order valence-corrected chi connectivity index (χ0v) is 9.62. The summed E-state index contributed by atoms with van der Waals surface area (Å²) in [6.07, 6.45) is 2.01. The number of nitrogens with zero attached hydrogens (tertiary/aromatic N) is 1. The molecular weight excluding hydrogens is 265 g/mol. The molecule has 0 spiro atoms. The topological polar surface area (TPSA) is 22.1 Å². The molecule has 0 amide bonds. The summed E-state index contributed by atoms with van der Waals surface area (Å²) in [7, 11) is 0. The van der Waals surface area contributed by atoms with Crippen LogP contribution in [-0.4, -0.2) is 11.1 Å². The van der Waals surface area contributed by atoms with Crippen LogP contribution >= 0.6 is 22.6 Å². The van der Waals surface area contributed by atoms with E-state index in [4.69, 9.17) is 4.74 Å². The molecule has 0 aliphatic heterocycles. The van der Waals surface area contributed by atoms with E-state index in [2.05, 4.69) is 33.6 Å². The summed E-state index contributed by atoms with van der Waals surface area (Å²) in [6, 6.07) is 2.06. The van der Waals surface area contributed by atoms with Gasteiger partial charge in [0.1, 0.15) is 0 Å². The Kier molecular flexibility index (Phi) is 3.31. The quantitative estimate of drug-likeness (QED) is 0.775. The second-order valence-corrected chi connectivity index (χ2v) is 4.13. The molecule has 1 aromatic heterocycles. The molecular formula is C9H12INO. The summed E-state index contributed by atoms with van der Waals surface area (Å²) >= 11 is 2.23. The van der Waals surface area contributed by atoms with Crippen molar-refractivity contribution in [1.82, 2.24) is 4.98 Å². The Morgan fingerprint density at radius 1 is 1.50 bits per heavy atom. The Balaban J connectivity index is 2.86. The number of hydrogen-bond acceptors (Lipinski definition) is 2. The van der Waals surface area contributed by atoms with Crippen LogP contribution in [0.2, 0.25) is 0 Å². The normalized spacial score (nSPS) is 10.4. The molecule has 0 unspecified atom stereocenters. The third-order valence-corrected chi connectivity index (χ3v) is 2.06. The zero-order chi connectivity index (χ0) is 9.14. The third kappa shape index (κ3) is 2.62. The van der Waals surface area contributed by atoms with Crippen LogP contribution in [0.1, 0.15) is 19.4 Å². The summed E-state index contributed by atoms with van der Waals surface area (Å²) in [5.41, 5.74) is 1.16. The molecule has 0 saturated heterocycles. The van der Waals surface area contributed by atoms with E-state index in [1.807, 2.05) is 27.0 Å². The maximum atomic E-state index is 5.48. The molecule has 3 heteroatoms. The van der Waals surface area contributed by atoms with Gasteiger partial charge in [-0.3, -0.25) is 0 Å². The fourth-order valence-electron chi connectivity index (χ4n) is 0.831. The average Bonchev–Trinajstić information content (AvgIpc) is 1.94. The van der Waals surface area contributed by atoms with Gasteiger partial charge in [-0.25, -0.2) is 4.98 Å². The van der Waals surface area contributed by atoms with E-state index in [1.54, 1.807) is 0 Å². The van der Waals surface area contributed by atoms with E-state index in [0.29, 0.717) is 0 Å². The number of pyridine rings is 1. The molecule has 12 heavy (non-hydrogen) atoms. The molecule has 2 nitrogen and oxygen atoms in total. The van der Waals surface area contributed by atoms with Crippen LogP contribution in [0.4, 0.5) is 0 Å². The predicted octanol–water partition coefficient (Wildman–Crippen LogP) is 2.78. The lowest BCUT2D eigenvalue weighted by atomic mass is 10.3. The van der Waals surface area contributed by atoms with Crippen molar-refractivity contribution >= 4 is 22.6 Å². The summed E-state index contributed by atoms with van der Waals surface area (Å²) in [4.78, 5) is 4.19. The van der Waals surface area contributed by atoms with Crippen LogP contribution in [-0.2, 0) is 0 Å². The molecule has 0 aliphatic carbocycles. The van der Waals surface area contributed by atoms with Crippen LogP contribution in [0.5, 0.6) is 5.88 Å². The maximum Gasteiger partial charge on any atom is 0.227 e. The fraction of sp³-hybridized carbons (Fsp3) is 0.444. The minimum absolute atomic E-state index is 0.189. The van der Waals surface area contributed by atoms with Gasteiger partial charge < -0.3 is 4.74 Å². The molecule has 0 bridgehead atoms. The van der Waals surface area contributed by atoms with Gasteiger partial charge in [-0.1, -0.05) is 0 Å². The first-order chi connectivity index (χ1) is 5.59. The van der Waals surface area contributed by atoms with E-state index >= 15 is 0 Å². The Bertz CT molecular complexity index is 273. The molecule has 66 valence electrons. The summed E-state index contributed by atoms with van der Waals surface area (Å²) < 4.78 is 6.55. The predicted molar refractivity (Wildman–Crippen MR) is 57.5 cm³/mol. The highest BCUT2D eigenvalue weighted by molar-refractivity contribution is 14.1. The molecule has 0 N–H and O–H groups in total. The summed E-state index contributed by atoms with van der Waals surface area (Å²) in [6.45, 7) is 6.02. The van der Waals surface area contributed by atoms with Crippen LogP contribution in [0.3, 0.4) is 0 Å². The van der Waals surface area contributed by atoms with Crippen molar-refractivity contribution < 1.29 is 4.74 Å². The Labute approximate surface area is 86.5 Å². The average molecular weight is 277 g/mol. The molecule has 1 rings (SSSR count). The van der Waals surface area contributed by atoms with Crippen molar-refractivity contribution in [3.05, 3.63) is 21.4 Å². The van der Waals surface area contributed by atoms with Gasteiger partial charge in [0.2, 0.25) is 5.88 Å². The highest BCUT2D eigenvalue weighted by Crippen LogP contribution is 2.19. The monoisotopic (exact) mass is 277 g/mol. The zero-order valence-electron chi connectivity index (χ0n) is 7.47. The Hall–Kier alpha value is -0.320. The van der Waals surface area contributed by atoms with Crippen molar-refractivity contribution in [2.45, 2.75) is 26.9 Å². The van der Waals surface area contributed by atoms with E-state index in [0.717, 1.165) is 15.0 Å². The van der Waals surface area contributed by atoms with E-state index < -0.39 is 0 Å². The number of rotatable bonds is 2. The van der Waals surface area contributed by atoms with Gasteiger partial charge in [0.05, 0.1) is 9.67 Å². The van der Waals surface area contributed by atoms with Gasteiger partial charge in [0, 0.05) is 6.20 Å². The van der Waals surface area contributed by atoms with Crippen molar-refractivity contribution in [3.8, 4) is 5.88 Å². The van der Waals surface area contributed by atoms with E-state index in [1.165, 1.54) is 0 Å². The van der Waals surface area contributed by atoms with Crippen molar-refractivity contribution in [1.29, 1.82) is 0 Å². The molecule has 0 saturated carbocycles. The molecule has 0 radical (unpaired) electrons. The lowest BCUT2D eigenvalue weighted by Crippen LogP contribution is -2.08. The first kappa shape index (κ1) is 9.77. The van der Waals surface area contributed by atoms with Gasteiger partial charge in [0.15, 0.2) is 0 Å². The number of ether oxygens (including phenoxy) is 1. The fourth-order valence-corrected chi connectivity index (χ4v) is 1.59. The second-order valence-electron chi connectivity index (χ2n) is 2.97. The summed E-state index contributed by atoms with van der Waals surface area (Å²) in [5.74, 6) is 0.733. The molecule has 1 heterocycles. The molecule has 0 aromatic carbocycles. The minimum Gasteiger partial charge on any atom is -0.474 e. The van der Waals surface area contributed by atoms with Crippen LogP contribution in [0, 0.1) is 10.5 Å². The largest absolute Gasteiger partial charge is 0.474 e. The summed E-state index contributed by atoms with van der Waals surface area (Å²) in [5, 5.41) is 0. The highest BCUT2D eigenvalue weighted by atomic mass is 127. The lowest BCUT2D eigenvalue weighted by Gasteiger charge is -2.09. The van der Waals surface area contributed by atoms with Gasteiger partial charge in [-0.15, -0.1) is 0 Å². The van der Waals surface area contributed by atoms with Crippen molar-refractivity contribution in [3.63, 3.8) is 0 Å². The van der Waals surface area contributed by atoms with Crippen molar-refractivity contribution in [2.75, 3.05) is 0 Å². The van der Waals surface area contributed by atoms with Crippen LogP contribution in [0.15, 0.2) is 12.3 Å². The van der Waals surface area contributed by atoms with Gasteiger partial charge in [-0.05, 0) is 55.0 Å². The molecule has 1 aromatic rings. The van der Waals surface area contributed by atoms with Gasteiger partial charge in [-0.2, -0.15) is 0 Å². The molecule has 0 atom stereocenters. The molecule has 0 aliphatic rings.